The van der Waals surface area contributed by atoms with Gasteiger partial charge < -0.3 is 15.5 Å². The number of hydrogen-bond donors (Lipinski definition) is 3. The van der Waals surface area contributed by atoms with E-state index in [1.807, 2.05) is 67.6 Å². The van der Waals surface area contributed by atoms with Gasteiger partial charge in [0.2, 0.25) is 0 Å². The molecule has 38 heavy (non-hydrogen) atoms. The van der Waals surface area contributed by atoms with Crippen molar-refractivity contribution in [2.45, 2.75) is 63.6 Å². The smallest absolute Gasteiger partial charge is 0.255 e. The number of carbonyl (C=O) groups is 1. The molecule has 6 atom stereocenters. The van der Waals surface area contributed by atoms with E-state index in [4.69, 9.17) is 0 Å². The lowest BCUT2D eigenvalue weighted by Gasteiger charge is -2.54. The zero-order valence-corrected chi connectivity index (χ0v) is 21.9. The molecule has 0 unspecified atom stereocenters. The molecule has 1 amide bonds. The van der Waals surface area contributed by atoms with Crippen LogP contribution in [0, 0.1) is 36.0 Å². The first-order valence-corrected chi connectivity index (χ1v) is 13.6. The van der Waals surface area contributed by atoms with Gasteiger partial charge in [-0.05, 0) is 98.4 Å². The largest absolute Gasteiger partial charge is 0.392 e. The first-order valence-electron chi connectivity index (χ1n) is 13.6. The van der Waals surface area contributed by atoms with Gasteiger partial charge >= 0.3 is 0 Å². The fraction of sp³-hybridized carbons (Fsp3) is 0.394. The lowest BCUT2D eigenvalue weighted by atomic mass is 9.52. The number of nitrogens with zero attached hydrogens (tertiary/aromatic N) is 1. The topological polar surface area (TPSA) is 82.5 Å². The summed E-state index contributed by atoms with van der Waals surface area (Å²) in [5.41, 5.74) is 3.71. The number of anilines is 1. The minimum absolute atomic E-state index is 0.0129. The molecule has 5 heteroatoms. The summed E-state index contributed by atoms with van der Waals surface area (Å²) in [6.07, 6.45) is 4.99. The molecule has 2 saturated carbocycles. The molecule has 3 aromatic rings. The van der Waals surface area contributed by atoms with Crippen LogP contribution in [0.2, 0.25) is 0 Å². The maximum Gasteiger partial charge on any atom is 0.255 e. The van der Waals surface area contributed by atoms with E-state index in [1.165, 1.54) is 0 Å². The van der Waals surface area contributed by atoms with Crippen LogP contribution < -0.4 is 5.32 Å². The van der Waals surface area contributed by atoms with Gasteiger partial charge in [0, 0.05) is 28.7 Å². The van der Waals surface area contributed by atoms with Crippen molar-refractivity contribution in [2.75, 3.05) is 5.32 Å². The highest BCUT2D eigenvalue weighted by molar-refractivity contribution is 6.04. The summed E-state index contributed by atoms with van der Waals surface area (Å²) in [5.74, 6) is 6.87. The second-order valence-corrected chi connectivity index (χ2v) is 11.5. The summed E-state index contributed by atoms with van der Waals surface area (Å²) in [6.45, 7) is 4.01. The predicted octanol–water partition coefficient (Wildman–Crippen LogP) is 5.25. The third kappa shape index (κ3) is 4.04. The summed E-state index contributed by atoms with van der Waals surface area (Å²) in [6, 6.07) is 19.4. The standard InChI is InChI=1S/C33H34N2O3/c1-21-28(9-6-18-34-21)35-31(37)24-11-12-25-23(19-24)10-13-26-27-15-17-33(38,16-14-22-7-4-3-5-8-22)32(27,2)20-29(36)30(25)26/h3-9,11-12,18-19,26-27,29-30,36,38H,10,13,15,17,20H2,1-2H3,(H,35,37)/t26-,27-,29-,30+,32-,33-/m0/s1. The number of aliphatic hydroxyl groups is 2. The van der Waals surface area contributed by atoms with E-state index in [2.05, 4.69) is 29.1 Å². The van der Waals surface area contributed by atoms with E-state index in [0.717, 1.165) is 41.6 Å². The number of fused-ring (bicyclic) bond motifs is 5. The molecule has 0 bridgehead atoms. The lowest BCUT2D eigenvalue weighted by Crippen LogP contribution is -2.54. The fourth-order valence-corrected chi connectivity index (χ4v) is 7.52. The van der Waals surface area contributed by atoms with Gasteiger partial charge in [-0.25, -0.2) is 0 Å². The van der Waals surface area contributed by atoms with Gasteiger partial charge in [-0.1, -0.05) is 43.0 Å². The van der Waals surface area contributed by atoms with Crippen LogP contribution in [0.15, 0.2) is 66.9 Å². The predicted molar refractivity (Wildman–Crippen MR) is 148 cm³/mol. The van der Waals surface area contributed by atoms with Crippen molar-refractivity contribution in [1.82, 2.24) is 4.98 Å². The number of aliphatic hydroxyl groups excluding tert-OH is 1. The SMILES string of the molecule is Cc1ncccc1NC(=O)c1ccc2c(c1)CC[C@@H]1[C@@H]2[C@@H](O)C[C@@]2(C)[C@H]1CC[C@@]2(O)C#Cc1ccccc1. The number of carbonyl (C=O) groups excluding carboxylic acids is 1. The maximum atomic E-state index is 13.0. The number of hydrogen-bond acceptors (Lipinski definition) is 4. The van der Waals surface area contributed by atoms with Crippen LogP contribution in [0.1, 0.15) is 71.3 Å². The molecular weight excluding hydrogens is 472 g/mol. The summed E-state index contributed by atoms with van der Waals surface area (Å²) < 4.78 is 0. The Kier molecular flexibility index (Phi) is 6.13. The Morgan fingerprint density at radius 1 is 1.11 bits per heavy atom. The minimum atomic E-state index is -1.12. The Morgan fingerprint density at radius 2 is 1.92 bits per heavy atom. The third-order valence-corrected chi connectivity index (χ3v) is 9.56. The molecule has 0 radical (unpaired) electrons. The van der Waals surface area contributed by atoms with Crippen LogP contribution in [0.4, 0.5) is 5.69 Å². The number of amides is 1. The minimum Gasteiger partial charge on any atom is -0.392 e. The molecule has 194 valence electrons. The number of benzene rings is 2. The Morgan fingerprint density at radius 3 is 2.71 bits per heavy atom. The van der Waals surface area contributed by atoms with E-state index in [9.17, 15) is 15.0 Å². The molecule has 1 aromatic heterocycles. The molecule has 6 rings (SSSR count). The van der Waals surface area contributed by atoms with E-state index in [0.29, 0.717) is 24.1 Å². The molecule has 0 spiro atoms. The molecule has 0 aliphatic heterocycles. The van der Waals surface area contributed by atoms with Crippen molar-refractivity contribution in [2.24, 2.45) is 17.3 Å². The Bertz CT molecular complexity index is 1440. The summed E-state index contributed by atoms with van der Waals surface area (Å²) >= 11 is 0. The van der Waals surface area contributed by atoms with E-state index < -0.39 is 17.1 Å². The number of nitrogens with one attached hydrogen (secondary N) is 1. The molecule has 3 N–H and O–H groups in total. The molecule has 2 aromatic carbocycles. The second kappa shape index (κ2) is 9.38. The van der Waals surface area contributed by atoms with Crippen LogP contribution in [0.3, 0.4) is 0 Å². The molecule has 0 saturated heterocycles. The van der Waals surface area contributed by atoms with Gasteiger partial charge in [-0.15, -0.1) is 0 Å². The monoisotopic (exact) mass is 506 g/mol. The maximum absolute atomic E-state index is 13.0. The van der Waals surface area contributed by atoms with Crippen molar-refractivity contribution in [3.63, 3.8) is 0 Å². The number of pyridine rings is 1. The number of aromatic nitrogens is 1. The molecule has 3 aliphatic rings. The average molecular weight is 507 g/mol. The zero-order valence-electron chi connectivity index (χ0n) is 21.9. The quantitative estimate of drug-likeness (QED) is 0.415. The van der Waals surface area contributed by atoms with Gasteiger partial charge in [0.25, 0.3) is 5.91 Å². The van der Waals surface area contributed by atoms with Gasteiger partial charge in [0.05, 0.1) is 17.5 Å². The van der Waals surface area contributed by atoms with Crippen molar-refractivity contribution >= 4 is 11.6 Å². The van der Waals surface area contributed by atoms with Crippen LogP contribution in [-0.2, 0) is 6.42 Å². The molecule has 1 heterocycles. The number of rotatable bonds is 2. The van der Waals surface area contributed by atoms with E-state index in [1.54, 1.807) is 6.20 Å². The van der Waals surface area contributed by atoms with Crippen LogP contribution >= 0.6 is 0 Å². The first kappa shape index (κ1) is 24.9. The summed E-state index contributed by atoms with van der Waals surface area (Å²) in [7, 11) is 0. The highest BCUT2D eigenvalue weighted by Crippen LogP contribution is 2.64. The normalized spacial score (nSPS) is 31.3. The third-order valence-electron chi connectivity index (χ3n) is 9.56. The van der Waals surface area contributed by atoms with Crippen LogP contribution in [-0.4, -0.2) is 32.8 Å². The van der Waals surface area contributed by atoms with Crippen LogP contribution in [0.25, 0.3) is 0 Å². The second-order valence-electron chi connectivity index (χ2n) is 11.5. The highest BCUT2D eigenvalue weighted by atomic mass is 16.3. The van der Waals surface area contributed by atoms with Crippen molar-refractivity contribution in [1.29, 1.82) is 0 Å². The highest BCUT2D eigenvalue weighted by Gasteiger charge is 2.63. The number of aryl methyl sites for hydroxylation is 2. The molecule has 5 nitrogen and oxygen atoms in total. The Hall–Kier alpha value is -3.46. The molecule has 2 fully saturated rings. The summed E-state index contributed by atoms with van der Waals surface area (Å²) in [4.78, 5) is 17.2. The first-order chi connectivity index (χ1) is 18.3. The van der Waals surface area contributed by atoms with Crippen molar-refractivity contribution in [3.8, 4) is 11.8 Å². The van der Waals surface area contributed by atoms with Gasteiger partial charge in [-0.3, -0.25) is 9.78 Å². The van der Waals surface area contributed by atoms with E-state index >= 15 is 0 Å². The fourth-order valence-electron chi connectivity index (χ4n) is 7.52. The Balaban J connectivity index is 1.26. The average Bonchev–Trinajstić information content (AvgIpc) is 3.18. The molecule has 3 aliphatic carbocycles. The summed E-state index contributed by atoms with van der Waals surface area (Å²) in [5, 5.41) is 26.3. The van der Waals surface area contributed by atoms with Gasteiger partial charge in [0.1, 0.15) is 5.60 Å². The van der Waals surface area contributed by atoms with Crippen molar-refractivity contribution in [3.05, 3.63) is 94.8 Å². The van der Waals surface area contributed by atoms with Gasteiger partial charge in [-0.2, -0.15) is 0 Å². The lowest BCUT2D eigenvalue weighted by molar-refractivity contribution is -0.107. The van der Waals surface area contributed by atoms with Crippen molar-refractivity contribution < 1.29 is 15.0 Å². The Labute approximate surface area is 224 Å². The van der Waals surface area contributed by atoms with Gasteiger partial charge in [0.15, 0.2) is 0 Å². The van der Waals surface area contributed by atoms with E-state index in [-0.39, 0.29) is 23.7 Å². The van der Waals surface area contributed by atoms with Crippen LogP contribution in [0.5, 0.6) is 0 Å². The zero-order chi connectivity index (χ0) is 26.5. The molecular formula is C33H34N2O3.